The molecule has 0 saturated heterocycles. The van der Waals surface area contributed by atoms with Crippen LogP contribution < -0.4 is 5.32 Å². The van der Waals surface area contributed by atoms with Gasteiger partial charge in [0, 0.05) is 19.2 Å². The molecular weight excluding hydrogens is 290 g/mol. The summed E-state index contributed by atoms with van der Waals surface area (Å²) < 4.78 is 10.8. The number of ether oxygens (including phenoxy) is 2. The van der Waals surface area contributed by atoms with E-state index < -0.39 is 0 Å². The zero-order chi connectivity index (χ0) is 16.2. The third kappa shape index (κ3) is 3.75. The molecule has 5 unspecified atom stereocenters. The minimum Gasteiger partial charge on any atom is -0.461 e. The van der Waals surface area contributed by atoms with E-state index in [1.54, 1.807) is 7.11 Å². The Morgan fingerprint density at radius 2 is 2.00 bits per heavy atom. The fourth-order valence-corrected chi connectivity index (χ4v) is 4.32. The van der Waals surface area contributed by atoms with Crippen molar-refractivity contribution in [2.45, 2.75) is 44.9 Å². The van der Waals surface area contributed by atoms with E-state index in [1.807, 2.05) is 30.3 Å². The molecule has 2 aliphatic carbocycles. The first-order valence-corrected chi connectivity index (χ1v) is 8.64. The Morgan fingerprint density at radius 3 is 2.74 bits per heavy atom. The van der Waals surface area contributed by atoms with Crippen LogP contribution in [0.25, 0.3) is 0 Å². The second-order valence-corrected chi connectivity index (χ2v) is 7.00. The van der Waals surface area contributed by atoms with Gasteiger partial charge in [-0.15, -0.1) is 0 Å². The zero-order valence-corrected chi connectivity index (χ0v) is 14.0. The van der Waals surface area contributed by atoms with Crippen molar-refractivity contribution >= 4 is 5.97 Å². The first-order valence-electron chi connectivity index (χ1n) is 8.64. The molecule has 23 heavy (non-hydrogen) atoms. The van der Waals surface area contributed by atoms with Gasteiger partial charge in [-0.05, 0) is 43.6 Å². The van der Waals surface area contributed by atoms with E-state index in [4.69, 9.17) is 9.47 Å². The summed E-state index contributed by atoms with van der Waals surface area (Å²) in [7, 11) is 1.71. The first kappa shape index (κ1) is 16.5. The van der Waals surface area contributed by atoms with Gasteiger partial charge in [0.05, 0.1) is 12.5 Å². The summed E-state index contributed by atoms with van der Waals surface area (Å²) in [5.41, 5.74) is 1.04. The summed E-state index contributed by atoms with van der Waals surface area (Å²) in [5, 5.41) is 3.61. The molecule has 2 fully saturated rings. The van der Waals surface area contributed by atoms with Gasteiger partial charge in [-0.25, -0.2) is 0 Å². The van der Waals surface area contributed by atoms with Crippen molar-refractivity contribution in [3.63, 3.8) is 0 Å². The molecule has 2 saturated carbocycles. The Kier molecular flexibility index (Phi) is 5.34. The van der Waals surface area contributed by atoms with Crippen molar-refractivity contribution < 1.29 is 14.3 Å². The molecule has 5 atom stereocenters. The quantitative estimate of drug-likeness (QED) is 0.786. The second kappa shape index (κ2) is 7.45. The summed E-state index contributed by atoms with van der Waals surface area (Å²) in [6, 6.07) is 10.4. The second-order valence-electron chi connectivity index (χ2n) is 7.00. The van der Waals surface area contributed by atoms with Crippen molar-refractivity contribution in [2.75, 3.05) is 13.7 Å². The number of fused-ring (bicyclic) bond motifs is 2. The van der Waals surface area contributed by atoms with Crippen LogP contribution in [0.1, 0.15) is 31.7 Å². The number of hydrogen-bond acceptors (Lipinski definition) is 4. The molecule has 2 aliphatic rings. The minimum absolute atomic E-state index is 0.00299. The smallest absolute Gasteiger partial charge is 0.311 e. The molecule has 3 rings (SSSR count). The van der Waals surface area contributed by atoms with Crippen LogP contribution in [-0.2, 0) is 20.9 Å². The van der Waals surface area contributed by atoms with E-state index in [-0.39, 0.29) is 24.0 Å². The number of carbonyl (C=O) groups excluding carboxylic acids is 1. The van der Waals surface area contributed by atoms with Crippen LogP contribution >= 0.6 is 0 Å². The Morgan fingerprint density at radius 1 is 1.26 bits per heavy atom. The number of esters is 1. The third-order valence-corrected chi connectivity index (χ3v) is 5.31. The van der Waals surface area contributed by atoms with Gasteiger partial charge >= 0.3 is 5.97 Å². The lowest BCUT2D eigenvalue weighted by Crippen LogP contribution is -2.49. The van der Waals surface area contributed by atoms with Crippen LogP contribution in [0.2, 0.25) is 0 Å². The van der Waals surface area contributed by atoms with E-state index in [1.165, 1.54) is 6.42 Å². The molecule has 2 bridgehead atoms. The SMILES string of the molecule is COCC(C)NC1C2CCC(C2)C1C(=O)OCc1ccccc1. The molecule has 0 heterocycles. The molecule has 4 heteroatoms. The highest BCUT2D eigenvalue weighted by molar-refractivity contribution is 5.74. The summed E-state index contributed by atoms with van der Waals surface area (Å²) in [5.74, 6) is 1.05. The Bertz CT molecular complexity index is 519. The number of benzene rings is 1. The van der Waals surface area contributed by atoms with Crippen LogP contribution in [-0.4, -0.2) is 31.8 Å². The summed E-state index contributed by atoms with van der Waals surface area (Å²) in [4.78, 5) is 12.7. The maximum Gasteiger partial charge on any atom is 0.311 e. The van der Waals surface area contributed by atoms with E-state index in [0.29, 0.717) is 25.0 Å². The van der Waals surface area contributed by atoms with Crippen LogP contribution in [0.15, 0.2) is 30.3 Å². The van der Waals surface area contributed by atoms with Gasteiger partial charge in [0.2, 0.25) is 0 Å². The van der Waals surface area contributed by atoms with Crippen molar-refractivity contribution in [3.8, 4) is 0 Å². The van der Waals surface area contributed by atoms with Gasteiger partial charge in [-0.1, -0.05) is 30.3 Å². The average molecular weight is 317 g/mol. The Hall–Kier alpha value is -1.39. The van der Waals surface area contributed by atoms with Crippen molar-refractivity contribution in [1.82, 2.24) is 5.32 Å². The maximum absolute atomic E-state index is 12.7. The lowest BCUT2D eigenvalue weighted by Gasteiger charge is -2.32. The van der Waals surface area contributed by atoms with E-state index in [2.05, 4.69) is 12.2 Å². The van der Waals surface area contributed by atoms with Gasteiger partial charge < -0.3 is 14.8 Å². The molecule has 1 aromatic carbocycles. The van der Waals surface area contributed by atoms with Crippen LogP contribution in [0.3, 0.4) is 0 Å². The van der Waals surface area contributed by atoms with Crippen LogP contribution in [0.5, 0.6) is 0 Å². The largest absolute Gasteiger partial charge is 0.461 e. The molecule has 0 aliphatic heterocycles. The predicted octanol–water partition coefficient (Wildman–Crippen LogP) is 2.77. The summed E-state index contributed by atoms with van der Waals surface area (Å²) in [6.07, 6.45) is 3.54. The lowest BCUT2D eigenvalue weighted by molar-refractivity contribution is -0.152. The monoisotopic (exact) mass is 317 g/mol. The lowest BCUT2D eigenvalue weighted by atomic mass is 9.84. The summed E-state index contributed by atoms with van der Waals surface area (Å²) >= 11 is 0. The number of methoxy groups -OCH3 is 1. The van der Waals surface area contributed by atoms with E-state index >= 15 is 0 Å². The van der Waals surface area contributed by atoms with Crippen molar-refractivity contribution in [2.24, 2.45) is 17.8 Å². The van der Waals surface area contributed by atoms with E-state index in [0.717, 1.165) is 18.4 Å². The van der Waals surface area contributed by atoms with Gasteiger partial charge in [0.1, 0.15) is 6.61 Å². The standard InChI is InChI=1S/C19H27NO3/c1-13(11-22-2)20-18-16-9-8-15(10-16)17(18)19(21)23-12-14-6-4-3-5-7-14/h3-7,13,15-18,20H,8-12H2,1-2H3. The van der Waals surface area contributed by atoms with Crippen molar-refractivity contribution in [1.29, 1.82) is 0 Å². The number of carbonyl (C=O) groups is 1. The maximum atomic E-state index is 12.7. The highest BCUT2D eigenvalue weighted by atomic mass is 16.5. The molecule has 126 valence electrons. The first-order chi connectivity index (χ1) is 11.2. The molecular formula is C19H27NO3. The van der Waals surface area contributed by atoms with Crippen LogP contribution in [0.4, 0.5) is 0 Å². The topological polar surface area (TPSA) is 47.6 Å². The third-order valence-electron chi connectivity index (χ3n) is 5.31. The molecule has 0 radical (unpaired) electrons. The minimum atomic E-state index is -0.0387. The molecule has 1 aromatic rings. The van der Waals surface area contributed by atoms with Gasteiger partial charge in [-0.2, -0.15) is 0 Å². The van der Waals surface area contributed by atoms with E-state index in [9.17, 15) is 4.79 Å². The summed E-state index contributed by atoms with van der Waals surface area (Å²) in [6.45, 7) is 3.15. The Labute approximate surface area is 138 Å². The Balaban J connectivity index is 1.60. The highest BCUT2D eigenvalue weighted by Gasteiger charge is 2.51. The zero-order valence-electron chi connectivity index (χ0n) is 14.0. The molecule has 0 aromatic heterocycles. The number of nitrogens with one attached hydrogen (secondary N) is 1. The number of rotatable bonds is 7. The average Bonchev–Trinajstić information content (AvgIpc) is 3.15. The highest BCUT2D eigenvalue weighted by Crippen LogP contribution is 2.49. The van der Waals surface area contributed by atoms with Gasteiger partial charge in [-0.3, -0.25) is 4.79 Å². The fraction of sp³-hybridized carbons (Fsp3) is 0.632. The molecule has 1 N–H and O–H groups in total. The van der Waals surface area contributed by atoms with Crippen LogP contribution in [0, 0.1) is 17.8 Å². The molecule has 4 nitrogen and oxygen atoms in total. The fourth-order valence-electron chi connectivity index (χ4n) is 4.32. The molecule has 0 spiro atoms. The number of hydrogen-bond donors (Lipinski definition) is 1. The van der Waals surface area contributed by atoms with Gasteiger partial charge in [0.25, 0.3) is 0 Å². The van der Waals surface area contributed by atoms with Gasteiger partial charge in [0.15, 0.2) is 0 Å². The normalized spacial score (nSPS) is 30.3. The predicted molar refractivity (Wildman–Crippen MR) is 88.8 cm³/mol. The molecule has 0 amide bonds. The van der Waals surface area contributed by atoms with Crippen molar-refractivity contribution in [3.05, 3.63) is 35.9 Å².